The van der Waals surface area contributed by atoms with Crippen LogP contribution in [0.25, 0.3) is 0 Å². The highest BCUT2D eigenvalue weighted by atomic mass is 14.8. The maximum atomic E-state index is 6.83. The van der Waals surface area contributed by atoms with E-state index in [2.05, 4.69) is 13.8 Å². The van der Waals surface area contributed by atoms with Crippen molar-refractivity contribution in [1.82, 2.24) is 0 Å². The number of rotatable bonds is 6. The zero-order valence-corrected chi connectivity index (χ0v) is 13.1. The fraction of sp³-hybridized carbons (Fsp3) is 1.00. The molecule has 0 radical (unpaired) electrons. The molecule has 19 heavy (non-hydrogen) atoms. The van der Waals surface area contributed by atoms with Crippen LogP contribution in [-0.4, -0.2) is 5.54 Å². The van der Waals surface area contributed by atoms with Gasteiger partial charge in [-0.05, 0) is 68.1 Å². The Bertz CT molecular complexity index is 311. The molecule has 4 rings (SSSR count). The minimum absolute atomic E-state index is 0.223. The molecule has 0 aliphatic heterocycles. The Morgan fingerprint density at radius 1 is 0.842 bits per heavy atom. The molecule has 110 valence electrons. The predicted molar refractivity (Wildman–Crippen MR) is 82.0 cm³/mol. The van der Waals surface area contributed by atoms with Gasteiger partial charge in [-0.1, -0.05) is 39.5 Å². The lowest BCUT2D eigenvalue weighted by Gasteiger charge is -2.66. The summed E-state index contributed by atoms with van der Waals surface area (Å²) >= 11 is 0. The molecule has 4 aliphatic rings. The Labute approximate surface area is 119 Å². The molecule has 2 N–H and O–H groups in total. The van der Waals surface area contributed by atoms with Crippen LogP contribution in [0.4, 0.5) is 0 Å². The highest BCUT2D eigenvalue weighted by Gasteiger charge is 2.61. The van der Waals surface area contributed by atoms with Crippen LogP contribution >= 0.6 is 0 Å². The second-order valence-corrected chi connectivity index (χ2v) is 8.58. The first-order valence-corrected chi connectivity index (χ1v) is 8.82. The van der Waals surface area contributed by atoms with Gasteiger partial charge < -0.3 is 5.73 Å². The van der Waals surface area contributed by atoms with Gasteiger partial charge in [0.05, 0.1) is 0 Å². The molecule has 2 unspecified atom stereocenters. The van der Waals surface area contributed by atoms with Crippen molar-refractivity contribution >= 4 is 0 Å². The average molecular weight is 263 g/mol. The molecule has 0 aromatic carbocycles. The van der Waals surface area contributed by atoms with Crippen molar-refractivity contribution in [3.8, 4) is 0 Å². The SMILES string of the molecule is CCCCC12CC3CC(N)(C1)CC(CCCC)(C3)C2. The molecule has 4 saturated carbocycles. The van der Waals surface area contributed by atoms with Crippen LogP contribution in [0, 0.1) is 16.7 Å². The summed E-state index contributed by atoms with van der Waals surface area (Å²) in [6.07, 6.45) is 17.1. The van der Waals surface area contributed by atoms with Crippen molar-refractivity contribution in [2.75, 3.05) is 0 Å². The van der Waals surface area contributed by atoms with Crippen molar-refractivity contribution in [2.24, 2.45) is 22.5 Å². The van der Waals surface area contributed by atoms with E-state index in [0.29, 0.717) is 10.8 Å². The van der Waals surface area contributed by atoms with Gasteiger partial charge in [-0.25, -0.2) is 0 Å². The second kappa shape index (κ2) is 4.76. The third kappa shape index (κ3) is 2.48. The van der Waals surface area contributed by atoms with E-state index in [1.165, 1.54) is 77.0 Å². The van der Waals surface area contributed by atoms with E-state index in [-0.39, 0.29) is 5.54 Å². The van der Waals surface area contributed by atoms with Gasteiger partial charge in [-0.15, -0.1) is 0 Å². The van der Waals surface area contributed by atoms with Gasteiger partial charge in [0.15, 0.2) is 0 Å². The van der Waals surface area contributed by atoms with E-state index < -0.39 is 0 Å². The maximum absolute atomic E-state index is 6.83. The van der Waals surface area contributed by atoms with Crippen molar-refractivity contribution in [2.45, 2.75) is 96.4 Å². The minimum atomic E-state index is 0.223. The molecular formula is C18H33N. The van der Waals surface area contributed by atoms with Crippen molar-refractivity contribution in [3.63, 3.8) is 0 Å². The standard InChI is InChI=1S/C18H33N/c1-3-5-7-16-9-15-10-17(12-16,8-6-4-2)14-18(19,11-15)13-16/h15H,3-14,19H2,1-2H3. The second-order valence-electron chi connectivity index (χ2n) is 8.58. The molecular weight excluding hydrogens is 230 g/mol. The quantitative estimate of drug-likeness (QED) is 0.714. The predicted octanol–water partition coefficient (Wildman–Crippen LogP) is 5.03. The molecule has 4 aliphatic carbocycles. The summed E-state index contributed by atoms with van der Waals surface area (Å²) in [5, 5.41) is 0. The fourth-order valence-corrected chi connectivity index (χ4v) is 6.59. The summed E-state index contributed by atoms with van der Waals surface area (Å²) < 4.78 is 0. The number of hydrogen-bond donors (Lipinski definition) is 1. The maximum Gasteiger partial charge on any atom is 0.0167 e. The summed E-state index contributed by atoms with van der Waals surface area (Å²) in [4.78, 5) is 0. The number of hydrogen-bond acceptors (Lipinski definition) is 1. The lowest BCUT2D eigenvalue weighted by molar-refractivity contribution is -0.129. The molecule has 1 heteroatoms. The topological polar surface area (TPSA) is 26.0 Å². The first-order chi connectivity index (χ1) is 9.03. The van der Waals surface area contributed by atoms with Gasteiger partial charge in [0.1, 0.15) is 0 Å². The summed E-state index contributed by atoms with van der Waals surface area (Å²) in [6.45, 7) is 4.68. The van der Waals surface area contributed by atoms with E-state index in [4.69, 9.17) is 5.73 Å². The van der Waals surface area contributed by atoms with E-state index in [0.717, 1.165) is 5.92 Å². The lowest BCUT2D eigenvalue weighted by atomic mass is 9.40. The summed E-state index contributed by atoms with van der Waals surface area (Å²) in [5.74, 6) is 0.968. The van der Waals surface area contributed by atoms with Crippen LogP contribution in [-0.2, 0) is 0 Å². The van der Waals surface area contributed by atoms with Gasteiger partial charge in [-0.2, -0.15) is 0 Å². The zero-order chi connectivity index (χ0) is 13.6. The molecule has 0 aromatic rings. The largest absolute Gasteiger partial charge is 0.325 e. The van der Waals surface area contributed by atoms with E-state index >= 15 is 0 Å². The summed E-state index contributed by atoms with van der Waals surface area (Å²) in [5.41, 5.74) is 8.36. The molecule has 2 atom stereocenters. The van der Waals surface area contributed by atoms with Gasteiger partial charge >= 0.3 is 0 Å². The molecule has 4 bridgehead atoms. The first kappa shape index (κ1) is 13.9. The minimum Gasteiger partial charge on any atom is -0.325 e. The molecule has 0 heterocycles. The van der Waals surface area contributed by atoms with Crippen LogP contribution in [0.5, 0.6) is 0 Å². The molecule has 0 amide bonds. The van der Waals surface area contributed by atoms with Crippen molar-refractivity contribution in [1.29, 1.82) is 0 Å². The normalized spacial score (nSPS) is 47.8. The van der Waals surface area contributed by atoms with E-state index in [1.807, 2.05) is 0 Å². The van der Waals surface area contributed by atoms with Crippen LogP contribution in [0.1, 0.15) is 90.9 Å². The molecule has 0 aromatic heterocycles. The monoisotopic (exact) mass is 263 g/mol. The average Bonchev–Trinajstić information content (AvgIpc) is 2.31. The third-order valence-electron chi connectivity index (χ3n) is 6.46. The third-order valence-corrected chi connectivity index (χ3v) is 6.46. The Morgan fingerprint density at radius 3 is 1.79 bits per heavy atom. The van der Waals surface area contributed by atoms with Crippen molar-refractivity contribution < 1.29 is 0 Å². The highest BCUT2D eigenvalue weighted by Crippen LogP contribution is 2.68. The Kier molecular flexibility index (Phi) is 3.48. The number of nitrogens with two attached hydrogens (primary N) is 1. The Hall–Kier alpha value is -0.0400. The van der Waals surface area contributed by atoms with Gasteiger partial charge in [0.25, 0.3) is 0 Å². The first-order valence-electron chi connectivity index (χ1n) is 8.82. The lowest BCUT2D eigenvalue weighted by Crippen LogP contribution is -2.63. The number of unbranched alkanes of at least 4 members (excludes halogenated alkanes) is 2. The highest BCUT2D eigenvalue weighted by molar-refractivity contribution is 5.15. The van der Waals surface area contributed by atoms with E-state index in [1.54, 1.807) is 0 Å². The van der Waals surface area contributed by atoms with E-state index in [9.17, 15) is 0 Å². The summed E-state index contributed by atoms with van der Waals surface area (Å²) in [6, 6.07) is 0. The van der Waals surface area contributed by atoms with Crippen molar-refractivity contribution in [3.05, 3.63) is 0 Å². The molecule has 0 spiro atoms. The summed E-state index contributed by atoms with van der Waals surface area (Å²) in [7, 11) is 0. The zero-order valence-electron chi connectivity index (χ0n) is 13.1. The van der Waals surface area contributed by atoms with Gasteiger partial charge in [-0.3, -0.25) is 0 Å². The van der Waals surface area contributed by atoms with Crippen LogP contribution in [0.3, 0.4) is 0 Å². The molecule has 1 nitrogen and oxygen atoms in total. The fourth-order valence-electron chi connectivity index (χ4n) is 6.59. The van der Waals surface area contributed by atoms with Gasteiger partial charge in [0, 0.05) is 5.54 Å². The van der Waals surface area contributed by atoms with Gasteiger partial charge in [0.2, 0.25) is 0 Å². The van der Waals surface area contributed by atoms with Crippen LogP contribution in [0.15, 0.2) is 0 Å². The Morgan fingerprint density at radius 2 is 1.37 bits per heavy atom. The van der Waals surface area contributed by atoms with Crippen LogP contribution < -0.4 is 5.73 Å². The Balaban J connectivity index is 1.81. The molecule has 0 saturated heterocycles. The van der Waals surface area contributed by atoms with Crippen LogP contribution in [0.2, 0.25) is 0 Å². The smallest absolute Gasteiger partial charge is 0.0167 e. The molecule has 4 fully saturated rings.